The molecule has 1 aromatic carbocycles. The van der Waals surface area contributed by atoms with Crippen LogP contribution in [0.1, 0.15) is 18.4 Å². The Labute approximate surface area is 178 Å². The Morgan fingerprint density at radius 1 is 1.06 bits per heavy atom. The van der Waals surface area contributed by atoms with Gasteiger partial charge in [0.05, 0.1) is 5.69 Å². The van der Waals surface area contributed by atoms with Gasteiger partial charge in [0.15, 0.2) is 0 Å². The van der Waals surface area contributed by atoms with Gasteiger partial charge in [-0.3, -0.25) is 9.88 Å². The topological polar surface area (TPSA) is 128 Å². The molecule has 10 heteroatoms. The lowest BCUT2D eigenvalue weighted by atomic mass is 9.86. The maximum atomic E-state index is 12.7. The second-order valence-corrected chi connectivity index (χ2v) is 8.16. The number of hydrogen-bond donors (Lipinski definition) is 3. The van der Waals surface area contributed by atoms with Gasteiger partial charge in [-0.05, 0) is 43.0 Å². The van der Waals surface area contributed by atoms with Crippen LogP contribution in [0, 0.1) is 5.41 Å². The van der Waals surface area contributed by atoms with Crippen molar-refractivity contribution in [3.8, 4) is 5.69 Å². The van der Waals surface area contributed by atoms with Crippen LogP contribution in [-0.4, -0.2) is 74.5 Å². The molecule has 2 aromatic rings. The SMILES string of the molecule is O=C(O)N1CCC2(CCN(C(=O)Nc3ccn(-c4ccc(CCO)cc4)c(=O)n3)C2)C1. The van der Waals surface area contributed by atoms with E-state index in [2.05, 4.69) is 10.3 Å². The molecular weight excluding hydrogens is 402 g/mol. The Morgan fingerprint density at radius 3 is 2.35 bits per heavy atom. The first-order valence-corrected chi connectivity index (χ1v) is 10.2. The highest BCUT2D eigenvalue weighted by molar-refractivity contribution is 5.88. The summed E-state index contributed by atoms with van der Waals surface area (Å²) in [6.45, 7) is 2.02. The number of urea groups is 1. The Hall–Kier alpha value is -3.40. The van der Waals surface area contributed by atoms with E-state index in [0.717, 1.165) is 18.4 Å². The molecule has 1 unspecified atom stereocenters. The minimum absolute atomic E-state index is 0.0607. The summed E-state index contributed by atoms with van der Waals surface area (Å²) in [6, 6.07) is 8.45. The van der Waals surface area contributed by atoms with Gasteiger partial charge < -0.3 is 20.0 Å². The lowest BCUT2D eigenvalue weighted by molar-refractivity contribution is 0.149. The number of carbonyl (C=O) groups excluding carboxylic acids is 1. The van der Waals surface area contributed by atoms with Crippen molar-refractivity contribution in [1.82, 2.24) is 19.4 Å². The summed E-state index contributed by atoms with van der Waals surface area (Å²) >= 11 is 0. The number of aliphatic hydroxyl groups excluding tert-OH is 1. The van der Waals surface area contributed by atoms with E-state index in [-0.39, 0.29) is 23.9 Å². The molecule has 3 N–H and O–H groups in total. The van der Waals surface area contributed by atoms with Gasteiger partial charge >= 0.3 is 17.8 Å². The summed E-state index contributed by atoms with van der Waals surface area (Å²) < 4.78 is 1.38. The van der Waals surface area contributed by atoms with Crippen LogP contribution < -0.4 is 11.0 Å². The van der Waals surface area contributed by atoms with Crippen LogP contribution in [0.3, 0.4) is 0 Å². The zero-order chi connectivity index (χ0) is 22.0. The Morgan fingerprint density at radius 2 is 1.74 bits per heavy atom. The van der Waals surface area contributed by atoms with Crippen molar-refractivity contribution in [2.75, 3.05) is 38.1 Å². The highest BCUT2D eigenvalue weighted by Gasteiger charge is 2.46. The zero-order valence-electron chi connectivity index (χ0n) is 17.0. The molecule has 164 valence electrons. The molecule has 3 amide bonds. The number of rotatable bonds is 4. The molecule has 3 heterocycles. The van der Waals surface area contributed by atoms with Crippen molar-refractivity contribution in [3.05, 3.63) is 52.6 Å². The second kappa shape index (κ2) is 8.38. The fourth-order valence-electron chi connectivity index (χ4n) is 4.35. The molecule has 4 rings (SSSR count). The number of likely N-dealkylation sites (tertiary alicyclic amines) is 2. The number of carbonyl (C=O) groups is 2. The number of nitrogens with one attached hydrogen (secondary N) is 1. The van der Waals surface area contributed by atoms with Gasteiger partial charge in [-0.2, -0.15) is 4.98 Å². The van der Waals surface area contributed by atoms with E-state index >= 15 is 0 Å². The van der Waals surface area contributed by atoms with Crippen molar-refractivity contribution >= 4 is 17.9 Å². The summed E-state index contributed by atoms with van der Waals surface area (Å²) in [6.07, 6.45) is 2.68. The highest BCUT2D eigenvalue weighted by Crippen LogP contribution is 2.39. The van der Waals surface area contributed by atoms with E-state index in [0.29, 0.717) is 38.3 Å². The minimum Gasteiger partial charge on any atom is -0.465 e. The Balaban J connectivity index is 1.40. The van der Waals surface area contributed by atoms with Gasteiger partial charge in [-0.25, -0.2) is 14.4 Å². The van der Waals surface area contributed by atoms with Gasteiger partial charge in [0.2, 0.25) is 0 Å². The standard InChI is InChI=1S/C21H25N5O5/c27-12-6-15-1-3-16(4-2-15)26-9-5-17(23-19(26)29)22-18(28)24-10-7-21(13-24)8-11-25(14-21)20(30)31/h1-5,9,27H,6-8,10-14H2,(H,30,31)(H,22,23,28,29). The molecule has 31 heavy (non-hydrogen) atoms. The van der Waals surface area contributed by atoms with E-state index in [4.69, 9.17) is 5.11 Å². The maximum absolute atomic E-state index is 12.7. The van der Waals surface area contributed by atoms with Crippen molar-refractivity contribution in [2.24, 2.45) is 5.41 Å². The van der Waals surface area contributed by atoms with Crippen LogP contribution in [0.15, 0.2) is 41.3 Å². The minimum atomic E-state index is -0.924. The normalized spacial score (nSPS) is 20.4. The van der Waals surface area contributed by atoms with E-state index in [1.807, 2.05) is 12.1 Å². The van der Waals surface area contributed by atoms with E-state index in [9.17, 15) is 19.5 Å². The first kappa shape index (κ1) is 20.9. The molecule has 0 bridgehead atoms. The van der Waals surface area contributed by atoms with Crippen LogP contribution in [-0.2, 0) is 6.42 Å². The van der Waals surface area contributed by atoms with E-state index < -0.39 is 11.8 Å². The predicted octanol–water partition coefficient (Wildman–Crippen LogP) is 1.38. The van der Waals surface area contributed by atoms with Crippen LogP contribution in [0.5, 0.6) is 0 Å². The average molecular weight is 427 g/mol. The van der Waals surface area contributed by atoms with E-state index in [1.54, 1.807) is 29.3 Å². The summed E-state index contributed by atoms with van der Waals surface area (Å²) in [5.41, 5.74) is 0.906. The first-order chi connectivity index (χ1) is 14.9. The number of aliphatic hydroxyl groups is 1. The molecule has 0 aliphatic carbocycles. The molecule has 1 spiro atoms. The largest absolute Gasteiger partial charge is 0.465 e. The van der Waals surface area contributed by atoms with Crippen molar-refractivity contribution in [2.45, 2.75) is 19.3 Å². The van der Waals surface area contributed by atoms with Crippen LogP contribution >= 0.6 is 0 Å². The third kappa shape index (κ3) is 4.38. The van der Waals surface area contributed by atoms with Gasteiger partial charge in [-0.1, -0.05) is 12.1 Å². The van der Waals surface area contributed by atoms with E-state index in [1.165, 1.54) is 9.47 Å². The van der Waals surface area contributed by atoms with Crippen LogP contribution in [0.2, 0.25) is 0 Å². The van der Waals surface area contributed by atoms with Crippen LogP contribution in [0.4, 0.5) is 15.4 Å². The smallest absolute Gasteiger partial charge is 0.407 e. The number of carboxylic acid groups (broad SMARTS) is 1. The molecule has 0 radical (unpaired) electrons. The summed E-state index contributed by atoms with van der Waals surface area (Å²) in [5.74, 6) is 0.169. The van der Waals surface area contributed by atoms with Gasteiger partial charge in [0.25, 0.3) is 0 Å². The molecule has 2 fully saturated rings. The number of nitrogens with zero attached hydrogens (tertiary/aromatic N) is 4. The fourth-order valence-corrected chi connectivity index (χ4v) is 4.35. The molecular formula is C21H25N5O5. The molecule has 10 nitrogen and oxygen atoms in total. The third-order valence-electron chi connectivity index (χ3n) is 6.09. The molecule has 2 aliphatic heterocycles. The highest BCUT2D eigenvalue weighted by atomic mass is 16.4. The van der Waals surface area contributed by atoms with Crippen LogP contribution in [0.25, 0.3) is 5.69 Å². The lowest BCUT2D eigenvalue weighted by Gasteiger charge is -2.23. The molecule has 1 atom stereocenters. The van der Waals surface area contributed by atoms with Crippen molar-refractivity contribution in [1.29, 1.82) is 0 Å². The average Bonchev–Trinajstić information content (AvgIpc) is 3.36. The monoisotopic (exact) mass is 427 g/mol. The number of anilines is 1. The summed E-state index contributed by atoms with van der Waals surface area (Å²) in [4.78, 5) is 43.3. The van der Waals surface area contributed by atoms with Gasteiger partial charge in [0, 0.05) is 44.4 Å². The third-order valence-corrected chi connectivity index (χ3v) is 6.09. The summed E-state index contributed by atoms with van der Waals surface area (Å²) in [7, 11) is 0. The Kier molecular flexibility index (Phi) is 5.64. The molecule has 2 aliphatic rings. The molecule has 1 aromatic heterocycles. The quantitative estimate of drug-likeness (QED) is 0.676. The number of hydrogen-bond acceptors (Lipinski definition) is 5. The first-order valence-electron chi connectivity index (χ1n) is 10.2. The fraction of sp³-hybridized carbons (Fsp3) is 0.429. The molecule has 0 saturated carbocycles. The van der Waals surface area contributed by atoms with Gasteiger partial charge in [-0.15, -0.1) is 0 Å². The number of aromatic nitrogens is 2. The zero-order valence-corrected chi connectivity index (χ0v) is 17.0. The summed E-state index contributed by atoms with van der Waals surface area (Å²) in [5, 5.41) is 20.8. The van der Waals surface area contributed by atoms with Crippen molar-refractivity contribution in [3.63, 3.8) is 0 Å². The second-order valence-electron chi connectivity index (χ2n) is 8.16. The lowest BCUT2D eigenvalue weighted by Crippen LogP contribution is -2.37. The molecule has 2 saturated heterocycles. The number of amides is 3. The number of benzene rings is 1. The van der Waals surface area contributed by atoms with Crippen molar-refractivity contribution < 1.29 is 19.8 Å². The maximum Gasteiger partial charge on any atom is 0.407 e. The predicted molar refractivity (Wildman–Crippen MR) is 112 cm³/mol. The van der Waals surface area contributed by atoms with Gasteiger partial charge in [0.1, 0.15) is 5.82 Å². The Bertz CT molecular complexity index is 1040.